The van der Waals surface area contributed by atoms with Crippen LogP contribution in [0, 0.1) is 11.3 Å². The number of ether oxygens (including phenoxy) is 1. The van der Waals surface area contributed by atoms with Crippen molar-refractivity contribution in [1.29, 1.82) is 5.26 Å². The maximum Gasteiger partial charge on any atom is 0.264 e. The smallest absolute Gasteiger partial charge is 0.264 e. The van der Waals surface area contributed by atoms with Crippen LogP contribution in [0.1, 0.15) is 38.2 Å². The summed E-state index contributed by atoms with van der Waals surface area (Å²) < 4.78 is 7.58. The van der Waals surface area contributed by atoms with Gasteiger partial charge in [-0.2, -0.15) is 10.4 Å². The molecule has 0 N–H and O–H groups in total. The van der Waals surface area contributed by atoms with Crippen LogP contribution in [0.15, 0.2) is 66.4 Å². The number of rotatable bonds is 7. The van der Waals surface area contributed by atoms with Crippen molar-refractivity contribution in [3.05, 3.63) is 71.9 Å². The van der Waals surface area contributed by atoms with Crippen LogP contribution >= 0.6 is 0 Å². The third-order valence-electron chi connectivity index (χ3n) is 5.64. The van der Waals surface area contributed by atoms with Crippen molar-refractivity contribution in [3.63, 3.8) is 0 Å². The Morgan fingerprint density at radius 3 is 2.64 bits per heavy atom. The molecule has 168 valence electrons. The monoisotopic (exact) mass is 440 g/mol. The maximum atomic E-state index is 13.0. The van der Waals surface area contributed by atoms with Gasteiger partial charge in [0.1, 0.15) is 23.1 Å². The van der Waals surface area contributed by atoms with Crippen LogP contribution < -0.4 is 4.74 Å². The van der Waals surface area contributed by atoms with E-state index in [1.165, 1.54) is 0 Å². The molecule has 0 aliphatic carbocycles. The summed E-state index contributed by atoms with van der Waals surface area (Å²) in [5.74, 6) is 0.555. The van der Waals surface area contributed by atoms with Crippen LogP contribution in [0.25, 0.3) is 23.0 Å². The molecule has 1 fully saturated rings. The number of hydrogen-bond donors (Lipinski definition) is 0. The number of piperidine rings is 1. The molecular formula is C27H28N4O2. The van der Waals surface area contributed by atoms with Crippen LogP contribution in [0.2, 0.25) is 0 Å². The van der Waals surface area contributed by atoms with E-state index < -0.39 is 0 Å². The van der Waals surface area contributed by atoms with Gasteiger partial charge in [-0.25, -0.2) is 4.68 Å². The number of nitriles is 1. The molecular weight excluding hydrogens is 412 g/mol. The molecule has 1 saturated heterocycles. The average Bonchev–Trinajstić information content (AvgIpc) is 3.31. The van der Waals surface area contributed by atoms with Gasteiger partial charge in [-0.05, 0) is 56.0 Å². The van der Waals surface area contributed by atoms with Crippen LogP contribution in [0.3, 0.4) is 0 Å². The molecule has 0 bridgehead atoms. The summed E-state index contributed by atoms with van der Waals surface area (Å²) in [7, 11) is 0. The van der Waals surface area contributed by atoms with Gasteiger partial charge in [0, 0.05) is 30.4 Å². The summed E-state index contributed by atoms with van der Waals surface area (Å²) in [6.45, 7) is 4.10. The van der Waals surface area contributed by atoms with Crippen LogP contribution in [-0.2, 0) is 4.79 Å². The molecule has 1 aliphatic heterocycles. The van der Waals surface area contributed by atoms with E-state index in [2.05, 4.69) is 13.0 Å². The molecule has 2 aromatic carbocycles. The Hall–Kier alpha value is -3.85. The van der Waals surface area contributed by atoms with E-state index in [0.29, 0.717) is 31.0 Å². The van der Waals surface area contributed by atoms with Gasteiger partial charge in [0.25, 0.3) is 5.91 Å². The van der Waals surface area contributed by atoms with Crippen molar-refractivity contribution in [1.82, 2.24) is 14.7 Å². The molecule has 33 heavy (non-hydrogen) atoms. The molecule has 1 amide bonds. The summed E-state index contributed by atoms with van der Waals surface area (Å²) in [5, 5.41) is 14.6. The fraction of sp³-hybridized carbons (Fsp3) is 0.296. The molecule has 0 spiro atoms. The summed E-state index contributed by atoms with van der Waals surface area (Å²) >= 11 is 0. The van der Waals surface area contributed by atoms with E-state index in [1.54, 1.807) is 15.7 Å². The minimum absolute atomic E-state index is 0.129. The Kier molecular flexibility index (Phi) is 7.21. The predicted octanol–water partition coefficient (Wildman–Crippen LogP) is 5.25. The van der Waals surface area contributed by atoms with Gasteiger partial charge < -0.3 is 9.64 Å². The van der Waals surface area contributed by atoms with Gasteiger partial charge in [0.15, 0.2) is 0 Å². The van der Waals surface area contributed by atoms with E-state index >= 15 is 0 Å². The Morgan fingerprint density at radius 1 is 1.12 bits per heavy atom. The summed E-state index contributed by atoms with van der Waals surface area (Å²) in [5.41, 5.74) is 3.31. The molecule has 0 saturated carbocycles. The minimum atomic E-state index is -0.212. The van der Waals surface area contributed by atoms with Gasteiger partial charge in [-0.3, -0.25) is 4.79 Å². The normalized spacial score (nSPS) is 14.1. The quantitative estimate of drug-likeness (QED) is 0.372. The topological polar surface area (TPSA) is 71.1 Å². The average molecular weight is 441 g/mol. The first-order valence-electron chi connectivity index (χ1n) is 11.5. The highest BCUT2D eigenvalue weighted by Gasteiger charge is 2.21. The molecule has 6 heteroatoms. The minimum Gasteiger partial charge on any atom is -0.494 e. The Morgan fingerprint density at radius 2 is 1.91 bits per heavy atom. The van der Waals surface area contributed by atoms with Crippen molar-refractivity contribution in [2.45, 2.75) is 32.6 Å². The van der Waals surface area contributed by atoms with E-state index in [4.69, 9.17) is 9.84 Å². The zero-order valence-corrected chi connectivity index (χ0v) is 18.9. The number of benzene rings is 2. The van der Waals surface area contributed by atoms with Gasteiger partial charge in [-0.1, -0.05) is 37.3 Å². The molecule has 0 unspecified atom stereocenters. The summed E-state index contributed by atoms with van der Waals surface area (Å²) in [6, 6.07) is 19.7. The molecule has 1 aliphatic rings. The number of hydrogen-bond acceptors (Lipinski definition) is 4. The number of likely N-dealkylation sites (tertiary alicyclic amines) is 1. The zero-order chi connectivity index (χ0) is 23.0. The fourth-order valence-electron chi connectivity index (χ4n) is 3.95. The highest BCUT2D eigenvalue weighted by molar-refractivity contribution is 6.02. The second kappa shape index (κ2) is 10.6. The van der Waals surface area contributed by atoms with Crippen molar-refractivity contribution in [3.8, 4) is 28.8 Å². The van der Waals surface area contributed by atoms with Crippen LogP contribution in [0.5, 0.6) is 5.75 Å². The Labute approximate surface area is 194 Å². The first-order chi connectivity index (χ1) is 16.2. The highest BCUT2D eigenvalue weighted by atomic mass is 16.5. The van der Waals surface area contributed by atoms with Crippen molar-refractivity contribution < 1.29 is 9.53 Å². The van der Waals surface area contributed by atoms with Crippen molar-refractivity contribution in [2.24, 2.45) is 0 Å². The van der Waals surface area contributed by atoms with Crippen molar-refractivity contribution >= 4 is 12.0 Å². The summed E-state index contributed by atoms with van der Waals surface area (Å²) in [4.78, 5) is 14.8. The molecule has 4 rings (SSSR count). The number of amides is 1. The molecule has 0 atom stereocenters. The molecule has 6 nitrogen and oxygen atoms in total. The molecule has 0 radical (unpaired) electrons. The van der Waals surface area contributed by atoms with Crippen LogP contribution in [0.4, 0.5) is 0 Å². The van der Waals surface area contributed by atoms with E-state index in [-0.39, 0.29) is 11.5 Å². The first kappa shape index (κ1) is 22.3. The maximum absolute atomic E-state index is 13.0. The first-order valence-corrected chi connectivity index (χ1v) is 11.5. The largest absolute Gasteiger partial charge is 0.494 e. The van der Waals surface area contributed by atoms with Gasteiger partial charge in [0.2, 0.25) is 0 Å². The fourth-order valence-corrected chi connectivity index (χ4v) is 3.95. The van der Waals surface area contributed by atoms with Gasteiger partial charge in [0.05, 0.1) is 12.3 Å². The molecule has 2 heterocycles. The Bertz CT molecular complexity index is 1170. The SMILES string of the molecule is CCCOc1cccc(-c2nn(-c3ccccc3)cc2/C=C(/C#N)C(=O)N2CCCCC2)c1. The van der Waals surface area contributed by atoms with E-state index in [0.717, 1.165) is 42.7 Å². The van der Waals surface area contributed by atoms with Crippen molar-refractivity contribution in [2.75, 3.05) is 19.7 Å². The lowest BCUT2D eigenvalue weighted by Gasteiger charge is -2.26. The zero-order valence-electron chi connectivity index (χ0n) is 18.9. The predicted molar refractivity (Wildman–Crippen MR) is 129 cm³/mol. The number of aromatic nitrogens is 2. The second-order valence-electron chi connectivity index (χ2n) is 8.11. The van der Waals surface area contributed by atoms with Crippen LogP contribution in [-0.4, -0.2) is 40.3 Å². The lowest BCUT2D eigenvalue weighted by Crippen LogP contribution is -2.36. The third kappa shape index (κ3) is 5.32. The molecule has 3 aromatic rings. The number of nitrogens with zero attached hydrogens (tertiary/aromatic N) is 4. The van der Waals surface area contributed by atoms with E-state index in [9.17, 15) is 10.1 Å². The standard InChI is InChI=1S/C27H28N4O2/c1-2-16-33-25-13-9-10-21(18-25)26-23(20-31(29-26)24-11-5-3-6-12-24)17-22(19-28)27(32)30-14-7-4-8-15-30/h3,5-6,9-13,17-18,20H,2,4,7-8,14-16H2,1H3/b22-17-. The highest BCUT2D eigenvalue weighted by Crippen LogP contribution is 2.29. The third-order valence-corrected chi connectivity index (χ3v) is 5.64. The van der Waals surface area contributed by atoms with Gasteiger partial charge in [-0.15, -0.1) is 0 Å². The Balaban J connectivity index is 1.76. The number of para-hydroxylation sites is 1. The summed E-state index contributed by atoms with van der Waals surface area (Å²) in [6.07, 6.45) is 7.53. The molecule has 1 aromatic heterocycles. The number of carbonyl (C=O) groups is 1. The van der Waals surface area contributed by atoms with Gasteiger partial charge >= 0.3 is 0 Å². The van der Waals surface area contributed by atoms with E-state index in [1.807, 2.05) is 60.8 Å². The second-order valence-corrected chi connectivity index (χ2v) is 8.11. The number of carbonyl (C=O) groups excluding carboxylic acids is 1. The lowest BCUT2D eigenvalue weighted by molar-refractivity contribution is -0.127. The lowest BCUT2D eigenvalue weighted by atomic mass is 10.0.